The summed E-state index contributed by atoms with van der Waals surface area (Å²) in [6.07, 6.45) is -0.769. The molecule has 1 aromatic rings. The quantitative estimate of drug-likeness (QED) is 0.792. The van der Waals surface area contributed by atoms with Crippen LogP contribution >= 0.6 is 0 Å². The summed E-state index contributed by atoms with van der Waals surface area (Å²) < 4.78 is 23.8. The van der Waals surface area contributed by atoms with Crippen LogP contribution in [0.1, 0.15) is 5.56 Å². The molecule has 1 amide bonds. The molecule has 90 valence electrons. The number of alkyl halides is 2. The first-order valence-corrected chi connectivity index (χ1v) is 4.59. The predicted octanol–water partition coefficient (Wildman–Crippen LogP) is 1.99. The van der Waals surface area contributed by atoms with Crippen LogP contribution in [0.5, 0.6) is 0 Å². The van der Waals surface area contributed by atoms with Crippen molar-refractivity contribution in [1.82, 2.24) is 0 Å². The van der Waals surface area contributed by atoms with Crippen LogP contribution in [0.2, 0.25) is 0 Å². The summed E-state index contributed by atoms with van der Waals surface area (Å²) in [6, 6.07) is 5.81. The van der Waals surface area contributed by atoms with Gasteiger partial charge in [-0.15, -0.1) is 0 Å². The zero-order valence-electron chi connectivity index (χ0n) is 8.56. The van der Waals surface area contributed by atoms with Crippen LogP contribution in [0.15, 0.2) is 30.3 Å². The number of carboxylic acid groups (broad SMARTS) is 1. The van der Waals surface area contributed by atoms with E-state index in [9.17, 15) is 18.4 Å². The Labute approximate surface area is 95.6 Å². The minimum absolute atomic E-state index is 0.225. The highest BCUT2D eigenvalue weighted by Crippen LogP contribution is 2.11. The molecule has 1 rings (SSSR count). The van der Waals surface area contributed by atoms with Crippen molar-refractivity contribution >= 4 is 23.6 Å². The number of carboxylic acids is 1. The molecule has 4 nitrogen and oxygen atoms in total. The van der Waals surface area contributed by atoms with Gasteiger partial charge in [0.25, 0.3) is 5.91 Å². The van der Waals surface area contributed by atoms with Gasteiger partial charge in [-0.05, 0) is 23.8 Å². The lowest BCUT2D eigenvalue weighted by molar-refractivity contribution is -0.131. The lowest BCUT2D eigenvalue weighted by Gasteiger charge is -2.04. The Hall–Kier alpha value is -2.24. The third-order valence-electron chi connectivity index (χ3n) is 1.79. The van der Waals surface area contributed by atoms with Crippen LogP contribution in [0.25, 0.3) is 6.08 Å². The maximum absolute atomic E-state index is 11.9. The van der Waals surface area contributed by atoms with Gasteiger partial charge in [-0.1, -0.05) is 12.1 Å². The zero-order valence-corrected chi connectivity index (χ0v) is 8.56. The molecule has 0 saturated carbocycles. The Morgan fingerprint density at radius 1 is 1.24 bits per heavy atom. The lowest BCUT2D eigenvalue weighted by atomic mass is 10.2. The van der Waals surface area contributed by atoms with Crippen LogP contribution in [0, 0.1) is 0 Å². The number of aliphatic carboxylic acids is 1. The molecule has 0 aliphatic heterocycles. The summed E-state index contributed by atoms with van der Waals surface area (Å²) in [7, 11) is 0. The first kappa shape index (κ1) is 12.8. The van der Waals surface area contributed by atoms with Crippen molar-refractivity contribution in [3.8, 4) is 0 Å². The molecule has 17 heavy (non-hydrogen) atoms. The van der Waals surface area contributed by atoms with Gasteiger partial charge in [-0.2, -0.15) is 8.78 Å². The topological polar surface area (TPSA) is 66.4 Å². The molecule has 0 aromatic heterocycles. The second kappa shape index (κ2) is 5.74. The number of rotatable bonds is 4. The van der Waals surface area contributed by atoms with Crippen LogP contribution in [0.4, 0.5) is 14.5 Å². The fraction of sp³-hybridized carbons (Fsp3) is 0.0909. The monoisotopic (exact) mass is 241 g/mol. The minimum Gasteiger partial charge on any atom is -0.478 e. The molecule has 0 spiro atoms. The number of carbonyl (C=O) groups is 2. The number of hydrogen-bond acceptors (Lipinski definition) is 2. The molecule has 0 atom stereocenters. The van der Waals surface area contributed by atoms with Crippen molar-refractivity contribution in [2.45, 2.75) is 6.43 Å². The third-order valence-corrected chi connectivity index (χ3v) is 1.79. The molecule has 0 unspecified atom stereocenters. The maximum atomic E-state index is 11.9. The van der Waals surface area contributed by atoms with Gasteiger partial charge in [0.1, 0.15) is 0 Å². The Balaban J connectivity index is 2.68. The molecular formula is C11H9F2NO3. The Morgan fingerprint density at radius 2 is 1.82 bits per heavy atom. The summed E-state index contributed by atoms with van der Waals surface area (Å²) >= 11 is 0. The van der Waals surface area contributed by atoms with Gasteiger partial charge in [0.2, 0.25) is 0 Å². The van der Waals surface area contributed by atoms with Gasteiger partial charge in [0.05, 0.1) is 0 Å². The van der Waals surface area contributed by atoms with E-state index in [1.165, 1.54) is 30.3 Å². The van der Waals surface area contributed by atoms with Crippen LogP contribution in [-0.4, -0.2) is 23.4 Å². The highest BCUT2D eigenvalue weighted by atomic mass is 19.3. The van der Waals surface area contributed by atoms with Crippen molar-refractivity contribution in [1.29, 1.82) is 0 Å². The van der Waals surface area contributed by atoms with Gasteiger partial charge in [-0.25, -0.2) is 4.79 Å². The lowest BCUT2D eigenvalue weighted by Crippen LogP contribution is -2.19. The number of carbonyl (C=O) groups excluding carboxylic acids is 1. The van der Waals surface area contributed by atoms with Crippen molar-refractivity contribution in [3.63, 3.8) is 0 Å². The molecule has 0 heterocycles. The summed E-state index contributed by atoms with van der Waals surface area (Å²) in [4.78, 5) is 20.9. The average molecular weight is 241 g/mol. The summed E-state index contributed by atoms with van der Waals surface area (Å²) in [6.45, 7) is 0. The van der Waals surface area contributed by atoms with Crippen molar-refractivity contribution in [2.24, 2.45) is 0 Å². The van der Waals surface area contributed by atoms with Gasteiger partial charge >= 0.3 is 12.4 Å². The highest BCUT2D eigenvalue weighted by Gasteiger charge is 2.14. The van der Waals surface area contributed by atoms with Gasteiger partial charge in [0.15, 0.2) is 0 Å². The van der Waals surface area contributed by atoms with Crippen molar-refractivity contribution in [2.75, 3.05) is 5.32 Å². The van der Waals surface area contributed by atoms with Gasteiger partial charge in [-0.3, -0.25) is 4.79 Å². The Morgan fingerprint density at radius 3 is 2.29 bits per heavy atom. The maximum Gasteiger partial charge on any atom is 0.328 e. The van der Waals surface area contributed by atoms with Crippen LogP contribution in [0.3, 0.4) is 0 Å². The van der Waals surface area contributed by atoms with E-state index in [4.69, 9.17) is 5.11 Å². The molecule has 0 radical (unpaired) electrons. The third kappa shape index (κ3) is 4.42. The van der Waals surface area contributed by atoms with Gasteiger partial charge in [0, 0.05) is 11.8 Å². The van der Waals surface area contributed by atoms with Gasteiger partial charge < -0.3 is 10.4 Å². The number of nitrogens with one attached hydrogen (secondary N) is 1. The summed E-state index contributed by atoms with van der Waals surface area (Å²) in [5, 5.41) is 10.4. The molecule has 0 saturated heterocycles. The SMILES string of the molecule is O=C(O)/C=C/c1ccc(NC(=O)C(F)F)cc1. The van der Waals surface area contributed by atoms with E-state index >= 15 is 0 Å². The number of amides is 1. The average Bonchev–Trinajstić information content (AvgIpc) is 2.28. The van der Waals surface area contributed by atoms with Crippen LogP contribution in [-0.2, 0) is 9.59 Å². The van der Waals surface area contributed by atoms with E-state index in [0.29, 0.717) is 5.56 Å². The minimum atomic E-state index is -3.07. The normalized spacial score (nSPS) is 10.8. The van der Waals surface area contributed by atoms with E-state index in [1.807, 2.05) is 5.32 Å². The first-order valence-electron chi connectivity index (χ1n) is 4.59. The molecule has 0 fully saturated rings. The Bertz CT molecular complexity index is 441. The smallest absolute Gasteiger partial charge is 0.328 e. The highest BCUT2D eigenvalue weighted by molar-refractivity contribution is 5.93. The zero-order chi connectivity index (χ0) is 12.8. The fourth-order valence-corrected chi connectivity index (χ4v) is 1.04. The molecule has 0 aliphatic rings. The number of hydrogen-bond donors (Lipinski definition) is 2. The van der Waals surface area contributed by atoms with E-state index in [2.05, 4.69) is 0 Å². The Kier molecular flexibility index (Phi) is 4.33. The van der Waals surface area contributed by atoms with E-state index in [-0.39, 0.29) is 5.69 Å². The first-order chi connectivity index (χ1) is 7.99. The standard InChI is InChI=1S/C11H9F2NO3/c12-10(13)11(17)14-8-4-1-7(2-5-8)3-6-9(15)16/h1-6,10H,(H,14,17)(H,15,16)/b6-3+. The molecule has 0 bridgehead atoms. The molecular weight excluding hydrogens is 232 g/mol. The number of halogens is 2. The molecule has 0 aliphatic carbocycles. The van der Waals surface area contributed by atoms with Crippen molar-refractivity contribution in [3.05, 3.63) is 35.9 Å². The van der Waals surface area contributed by atoms with E-state index in [0.717, 1.165) is 6.08 Å². The number of anilines is 1. The predicted molar refractivity (Wildman–Crippen MR) is 57.7 cm³/mol. The van der Waals surface area contributed by atoms with Crippen molar-refractivity contribution < 1.29 is 23.5 Å². The van der Waals surface area contributed by atoms with E-state index < -0.39 is 18.3 Å². The summed E-state index contributed by atoms with van der Waals surface area (Å²) in [5.74, 6) is -2.46. The molecule has 2 N–H and O–H groups in total. The second-order valence-electron chi connectivity index (χ2n) is 3.08. The molecule has 1 aromatic carbocycles. The number of benzene rings is 1. The largest absolute Gasteiger partial charge is 0.478 e. The summed E-state index contributed by atoms with van der Waals surface area (Å²) in [5.41, 5.74) is 0.810. The van der Waals surface area contributed by atoms with Crippen LogP contribution < -0.4 is 5.32 Å². The second-order valence-corrected chi connectivity index (χ2v) is 3.08. The molecule has 6 heteroatoms. The fourth-order valence-electron chi connectivity index (χ4n) is 1.04. The van der Waals surface area contributed by atoms with E-state index in [1.54, 1.807) is 0 Å².